The van der Waals surface area contributed by atoms with Crippen LogP contribution >= 0.6 is 11.6 Å². The van der Waals surface area contributed by atoms with E-state index in [0.29, 0.717) is 23.1 Å². The Kier molecular flexibility index (Phi) is 3.53. The highest BCUT2D eigenvalue weighted by atomic mass is 35.5. The van der Waals surface area contributed by atoms with Gasteiger partial charge in [0, 0.05) is 11.6 Å². The summed E-state index contributed by atoms with van der Waals surface area (Å²) in [5.41, 5.74) is 6.02. The van der Waals surface area contributed by atoms with Crippen molar-refractivity contribution >= 4 is 23.4 Å². The molecule has 0 fully saturated rings. The summed E-state index contributed by atoms with van der Waals surface area (Å²) in [5.74, 6) is 0.121. The highest BCUT2D eigenvalue weighted by Crippen LogP contribution is 2.20. The van der Waals surface area contributed by atoms with Gasteiger partial charge in [0.2, 0.25) is 0 Å². The summed E-state index contributed by atoms with van der Waals surface area (Å²) < 4.78 is 6.69. The molecule has 94 valence electrons. The SMILES string of the molecule is CCn1ncc(C(=O)Oc2cccc(Cl)c2)c1N. The number of esters is 1. The Morgan fingerprint density at radius 3 is 2.94 bits per heavy atom. The third-order valence-corrected chi connectivity index (χ3v) is 2.64. The largest absolute Gasteiger partial charge is 0.423 e. The lowest BCUT2D eigenvalue weighted by Gasteiger charge is -2.04. The Balaban J connectivity index is 2.19. The topological polar surface area (TPSA) is 70.1 Å². The van der Waals surface area contributed by atoms with Gasteiger partial charge in [-0.25, -0.2) is 9.48 Å². The van der Waals surface area contributed by atoms with E-state index in [-0.39, 0.29) is 5.56 Å². The zero-order chi connectivity index (χ0) is 13.1. The average molecular weight is 266 g/mol. The number of hydrogen-bond acceptors (Lipinski definition) is 4. The van der Waals surface area contributed by atoms with E-state index in [9.17, 15) is 4.79 Å². The molecule has 1 aromatic carbocycles. The minimum Gasteiger partial charge on any atom is -0.423 e. The van der Waals surface area contributed by atoms with E-state index < -0.39 is 5.97 Å². The highest BCUT2D eigenvalue weighted by molar-refractivity contribution is 6.30. The van der Waals surface area contributed by atoms with E-state index >= 15 is 0 Å². The van der Waals surface area contributed by atoms with Crippen LogP contribution in [0.2, 0.25) is 5.02 Å². The zero-order valence-electron chi connectivity index (χ0n) is 9.76. The van der Waals surface area contributed by atoms with Gasteiger partial charge in [-0.3, -0.25) is 0 Å². The molecule has 0 saturated heterocycles. The van der Waals surface area contributed by atoms with Gasteiger partial charge in [-0.15, -0.1) is 0 Å². The predicted octanol–water partition coefficient (Wildman–Crippen LogP) is 2.36. The monoisotopic (exact) mass is 265 g/mol. The van der Waals surface area contributed by atoms with Gasteiger partial charge in [0.1, 0.15) is 17.1 Å². The van der Waals surface area contributed by atoms with Crippen molar-refractivity contribution in [2.75, 3.05) is 5.73 Å². The number of nitrogens with zero attached hydrogens (tertiary/aromatic N) is 2. The Morgan fingerprint density at radius 2 is 2.33 bits per heavy atom. The maximum Gasteiger partial charge on any atom is 0.348 e. The lowest BCUT2D eigenvalue weighted by molar-refractivity contribution is 0.0736. The van der Waals surface area contributed by atoms with Gasteiger partial charge < -0.3 is 10.5 Å². The van der Waals surface area contributed by atoms with Crippen LogP contribution in [0.1, 0.15) is 17.3 Å². The quantitative estimate of drug-likeness (QED) is 0.683. The molecule has 1 aromatic heterocycles. The van der Waals surface area contributed by atoms with Gasteiger partial charge in [0.05, 0.1) is 6.20 Å². The van der Waals surface area contributed by atoms with E-state index in [1.54, 1.807) is 24.3 Å². The van der Waals surface area contributed by atoms with Gasteiger partial charge in [-0.2, -0.15) is 5.10 Å². The first kappa shape index (κ1) is 12.4. The van der Waals surface area contributed by atoms with Gasteiger partial charge in [0.15, 0.2) is 0 Å². The molecule has 0 aliphatic heterocycles. The summed E-state index contributed by atoms with van der Waals surface area (Å²) in [7, 11) is 0. The number of benzene rings is 1. The van der Waals surface area contributed by atoms with E-state index in [1.807, 2.05) is 6.92 Å². The minimum atomic E-state index is -0.547. The number of carbonyl (C=O) groups is 1. The zero-order valence-corrected chi connectivity index (χ0v) is 10.5. The van der Waals surface area contributed by atoms with Gasteiger partial charge in [-0.05, 0) is 25.1 Å². The van der Waals surface area contributed by atoms with E-state index in [2.05, 4.69) is 5.10 Å². The van der Waals surface area contributed by atoms with Crippen molar-refractivity contribution in [1.82, 2.24) is 9.78 Å². The van der Waals surface area contributed by atoms with Crippen molar-refractivity contribution in [3.63, 3.8) is 0 Å². The first-order chi connectivity index (χ1) is 8.61. The molecule has 0 atom stereocenters. The summed E-state index contributed by atoms with van der Waals surface area (Å²) in [6, 6.07) is 6.59. The molecule has 2 N–H and O–H groups in total. The van der Waals surface area contributed by atoms with Crippen LogP contribution in [-0.4, -0.2) is 15.7 Å². The van der Waals surface area contributed by atoms with Crippen molar-refractivity contribution in [1.29, 1.82) is 0 Å². The molecule has 0 unspecified atom stereocenters. The Hall–Kier alpha value is -2.01. The molecule has 6 heteroatoms. The first-order valence-corrected chi connectivity index (χ1v) is 5.78. The average Bonchev–Trinajstić information content (AvgIpc) is 2.70. The Morgan fingerprint density at radius 1 is 1.56 bits per heavy atom. The smallest absolute Gasteiger partial charge is 0.348 e. The molecule has 1 heterocycles. The molecule has 0 aliphatic carbocycles. The Bertz CT molecular complexity index is 580. The Labute approximate surface area is 109 Å². The summed E-state index contributed by atoms with van der Waals surface area (Å²) in [6.45, 7) is 2.48. The lowest BCUT2D eigenvalue weighted by Crippen LogP contribution is -2.11. The molecule has 0 aliphatic rings. The molecule has 2 aromatic rings. The summed E-state index contributed by atoms with van der Waals surface area (Å²) in [4.78, 5) is 11.9. The number of aromatic nitrogens is 2. The predicted molar refractivity (Wildman–Crippen MR) is 68.7 cm³/mol. The second kappa shape index (κ2) is 5.10. The van der Waals surface area contributed by atoms with Crippen LogP contribution in [0.3, 0.4) is 0 Å². The molecule has 0 saturated carbocycles. The molecule has 0 bridgehead atoms. The number of nitrogens with two attached hydrogens (primary N) is 1. The fourth-order valence-corrected chi connectivity index (χ4v) is 1.68. The molecule has 2 rings (SSSR count). The van der Waals surface area contributed by atoms with Crippen LogP contribution in [0.25, 0.3) is 0 Å². The second-order valence-corrected chi connectivity index (χ2v) is 4.04. The highest BCUT2D eigenvalue weighted by Gasteiger charge is 2.16. The lowest BCUT2D eigenvalue weighted by atomic mass is 10.3. The number of aryl methyl sites for hydroxylation is 1. The normalized spacial score (nSPS) is 10.3. The van der Waals surface area contributed by atoms with Crippen LogP contribution in [-0.2, 0) is 6.54 Å². The molecular weight excluding hydrogens is 254 g/mol. The summed E-state index contributed by atoms with van der Waals surface area (Å²) >= 11 is 5.80. The number of nitrogen functional groups attached to an aromatic ring is 1. The van der Waals surface area contributed by atoms with E-state index in [4.69, 9.17) is 22.1 Å². The maximum absolute atomic E-state index is 11.9. The van der Waals surface area contributed by atoms with Gasteiger partial charge in [0.25, 0.3) is 0 Å². The summed E-state index contributed by atoms with van der Waals surface area (Å²) in [5, 5.41) is 4.48. The minimum absolute atomic E-state index is 0.247. The number of carbonyl (C=O) groups excluding carboxylic acids is 1. The molecule has 0 amide bonds. The van der Waals surface area contributed by atoms with Crippen molar-refractivity contribution in [2.45, 2.75) is 13.5 Å². The number of ether oxygens (including phenoxy) is 1. The third-order valence-electron chi connectivity index (χ3n) is 2.41. The van der Waals surface area contributed by atoms with Crippen LogP contribution in [0.4, 0.5) is 5.82 Å². The standard InChI is InChI=1S/C12H12ClN3O2/c1-2-16-11(14)10(7-15-16)12(17)18-9-5-3-4-8(13)6-9/h3-7H,2,14H2,1H3. The van der Waals surface area contributed by atoms with Crippen molar-refractivity contribution in [3.05, 3.63) is 41.0 Å². The molecule has 0 spiro atoms. The van der Waals surface area contributed by atoms with Gasteiger partial charge >= 0.3 is 5.97 Å². The number of anilines is 1. The fraction of sp³-hybridized carbons (Fsp3) is 0.167. The number of rotatable bonds is 3. The van der Waals surface area contributed by atoms with Crippen molar-refractivity contribution in [2.24, 2.45) is 0 Å². The van der Waals surface area contributed by atoms with Gasteiger partial charge in [-0.1, -0.05) is 17.7 Å². The third kappa shape index (κ3) is 2.46. The van der Waals surface area contributed by atoms with E-state index in [1.165, 1.54) is 10.9 Å². The van der Waals surface area contributed by atoms with Crippen molar-refractivity contribution in [3.8, 4) is 5.75 Å². The van der Waals surface area contributed by atoms with Crippen molar-refractivity contribution < 1.29 is 9.53 Å². The molecular formula is C12H12ClN3O2. The second-order valence-electron chi connectivity index (χ2n) is 3.61. The number of hydrogen-bond donors (Lipinski definition) is 1. The molecule has 0 radical (unpaired) electrons. The van der Waals surface area contributed by atoms with E-state index in [0.717, 1.165) is 0 Å². The first-order valence-electron chi connectivity index (χ1n) is 5.41. The molecule has 5 nitrogen and oxygen atoms in total. The maximum atomic E-state index is 11.9. The molecule has 18 heavy (non-hydrogen) atoms. The van der Waals surface area contributed by atoms with Crippen LogP contribution in [0, 0.1) is 0 Å². The van der Waals surface area contributed by atoms with Crippen LogP contribution < -0.4 is 10.5 Å². The fourth-order valence-electron chi connectivity index (χ4n) is 1.50. The van der Waals surface area contributed by atoms with Crippen LogP contribution in [0.15, 0.2) is 30.5 Å². The van der Waals surface area contributed by atoms with Crippen LogP contribution in [0.5, 0.6) is 5.75 Å². The summed E-state index contributed by atoms with van der Waals surface area (Å²) in [6.07, 6.45) is 1.39. The number of halogens is 1.